The Morgan fingerprint density at radius 3 is 2.57 bits per heavy atom. The minimum absolute atomic E-state index is 0.0629. The van der Waals surface area contributed by atoms with Crippen LogP contribution >= 0.6 is 0 Å². The molecular weight excluding hydrogens is 522 g/mol. The van der Waals surface area contributed by atoms with Gasteiger partial charge in [-0.25, -0.2) is 0 Å². The molecule has 3 heterocycles. The molecule has 6 N–H and O–H groups in total. The summed E-state index contributed by atoms with van der Waals surface area (Å²) < 4.78 is 0. The van der Waals surface area contributed by atoms with Gasteiger partial charge in [0, 0.05) is 66.1 Å². The number of nitrogens with one attached hydrogen (secondary N) is 4. The number of nitrogen functional groups attached to an aromatic ring is 1. The fraction of sp³-hybridized carbons (Fsp3) is 0.353. The highest BCUT2D eigenvalue weighted by Crippen LogP contribution is 2.32. The number of benzene rings is 3. The number of piperazine rings is 1. The second-order valence-corrected chi connectivity index (χ2v) is 11.9. The van der Waals surface area contributed by atoms with Gasteiger partial charge in [0.05, 0.1) is 11.4 Å². The van der Waals surface area contributed by atoms with Gasteiger partial charge < -0.3 is 31.2 Å². The van der Waals surface area contributed by atoms with Crippen molar-refractivity contribution in [2.75, 3.05) is 62.3 Å². The molecule has 8 heteroatoms. The summed E-state index contributed by atoms with van der Waals surface area (Å²) in [7, 11) is 2.16. The highest BCUT2D eigenvalue weighted by Gasteiger charge is 2.20. The number of anilines is 3. The lowest BCUT2D eigenvalue weighted by molar-refractivity contribution is -0.117. The van der Waals surface area contributed by atoms with Crippen LogP contribution in [0, 0.1) is 18.3 Å². The maximum Gasteiger partial charge on any atom is 0.224 e. The molecule has 2 aliphatic rings. The Bertz CT molecular complexity index is 1610. The molecule has 2 saturated heterocycles. The Hall–Kier alpha value is -4.14. The highest BCUT2D eigenvalue weighted by atomic mass is 16.1. The van der Waals surface area contributed by atoms with Crippen LogP contribution in [-0.2, 0) is 4.79 Å². The third-order valence-electron chi connectivity index (χ3n) is 8.70. The molecule has 3 aromatic carbocycles. The predicted molar refractivity (Wildman–Crippen MR) is 174 cm³/mol. The first-order valence-electron chi connectivity index (χ1n) is 15.0. The number of likely N-dealkylation sites (N-methyl/N-ethyl adjacent to an activating group) is 1. The number of carbonyl (C=O) groups excluding carboxylic acids is 1. The summed E-state index contributed by atoms with van der Waals surface area (Å²) in [4.78, 5) is 21.1. The van der Waals surface area contributed by atoms with E-state index in [2.05, 4.69) is 62.8 Å². The lowest BCUT2D eigenvalue weighted by Crippen LogP contribution is -2.44. The molecule has 0 aliphatic carbocycles. The van der Waals surface area contributed by atoms with E-state index in [0.717, 1.165) is 91.1 Å². The average Bonchev–Trinajstić information content (AvgIpc) is 3.42. The monoisotopic (exact) mass is 563 g/mol. The van der Waals surface area contributed by atoms with Gasteiger partial charge in [0.2, 0.25) is 5.91 Å². The van der Waals surface area contributed by atoms with Gasteiger partial charge in [0.25, 0.3) is 0 Å². The van der Waals surface area contributed by atoms with Crippen LogP contribution in [0.25, 0.3) is 22.0 Å². The molecule has 8 nitrogen and oxygen atoms in total. The number of nitrogens with two attached hydrogens (primary N) is 1. The van der Waals surface area contributed by atoms with Crippen molar-refractivity contribution in [2.45, 2.75) is 26.2 Å². The largest absolute Gasteiger partial charge is 0.398 e. The van der Waals surface area contributed by atoms with Crippen molar-refractivity contribution in [3.05, 3.63) is 77.5 Å². The van der Waals surface area contributed by atoms with Crippen molar-refractivity contribution in [3.8, 4) is 11.1 Å². The van der Waals surface area contributed by atoms with E-state index in [1.807, 2.05) is 37.3 Å². The van der Waals surface area contributed by atoms with E-state index in [-0.39, 0.29) is 5.91 Å². The van der Waals surface area contributed by atoms with Crippen LogP contribution in [0.15, 0.2) is 60.7 Å². The first-order chi connectivity index (χ1) is 20.3. The number of carbonyl (C=O) groups is 1. The third-order valence-corrected chi connectivity index (χ3v) is 8.70. The summed E-state index contributed by atoms with van der Waals surface area (Å²) in [6.07, 6.45) is 2.63. The van der Waals surface area contributed by atoms with Gasteiger partial charge in [0.1, 0.15) is 0 Å². The lowest BCUT2D eigenvalue weighted by Gasteiger charge is -2.34. The molecule has 0 saturated carbocycles. The number of amides is 1. The van der Waals surface area contributed by atoms with Crippen molar-refractivity contribution in [2.24, 2.45) is 5.92 Å². The minimum Gasteiger partial charge on any atom is -0.398 e. The molecule has 4 aromatic rings. The Balaban J connectivity index is 1.25. The summed E-state index contributed by atoms with van der Waals surface area (Å²) in [6.45, 7) is 8.05. The van der Waals surface area contributed by atoms with Gasteiger partial charge in [-0.05, 0) is 105 Å². The molecule has 1 aromatic heterocycles. The number of fused-ring (bicyclic) bond motifs is 1. The van der Waals surface area contributed by atoms with Gasteiger partial charge in [-0.15, -0.1) is 0 Å². The van der Waals surface area contributed by atoms with E-state index in [0.29, 0.717) is 29.3 Å². The number of aryl methyl sites for hydroxylation is 1. The minimum atomic E-state index is 0.0629. The van der Waals surface area contributed by atoms with E-state index >= 15 is 0 Å². The molecule has 0 atom stereocenters. The third kappa shape index (κ3) is 6.05. The van der Waals surface area contributed by atoms with Gasteiger partial charge in [-0.3, -0.25) is 10.2 Å². The zero-order valence-corrected chi connectivity index (χ0v) is 24.6. The van der Waals surface area contributed by atoms with E-state index in [4.69, 9.17) is 11.1 Å². The Morgan fingerprint density at radius 2 is 1.79 bits per heavy atom. The number of aromatic nitrogens is 1. The molecule has 2 aliphatic heterocycles. The number of hydrogen-bond donors (Lipinski definition) is 5. The van der Waals surface area contributed by atoms with Crippen molar-refractivity contribution in [3.63, 3.8) is 0 Å². The topological polar surface area (TPSA) is 113 Å². The van der Waals surface area contributed by atoms with Crippen LogP contribution in [0.2, 0.25) is 0 Å². The summed E-state index contributed by atoms with van der Waals surface area (Å²) in [5.41, 5.74) is 14.8. The Kier molecular flexibility index (Phi) is 8.00. The first kappa shape index (κ1) is 28.0. The van der Waals surface area contributed by atoms with Crippen molar-refractivity contribution in [1.29, 1.82) is 5.41 Å². The fourth-order valence-electron chi connectivity index (χ4n) is 6.28. The second-order valence-electron chi connectivity index (χ2n) is 11.9. The normalized spacial score (nSPS) is 16.6. The maximum absolute atomic E-state index is 12.8. The van der Waals surface area contributed by atoms with Gasteiger partial charge in [0.15, 0.2) is 0 Å². The number of H-pyrrole nitrogens is 1. The second kappa shape index (κ2) is 12.0. The average molecular weight is 564 g/mol. The van der Waals surface area contributed by atoms with Gasteiger partial charge in [-0.1, -0.05) is 18.2 Å². The van der Waals surface area contributed by atoms with Crippen LogP contribution < -0.4 is 21.3 Å². The smallest absolute Gasteiger partial charge is 0.224 e. The zero-order valence-electron chi connectivity index (χ0n) is 24.6. The summed E-state index contributed by atoms with van der Waals surface area (Å²) in [6, 6.07) is 20.4. The van der Waals surface area contributed by atoms with Crippen LogP contribution in [0.4, 0.5) is 17.1 Å². The van der Waals surface area contributed by atoms with Crippen molar-refractivity contribution >= 4 is 39.6 Å². The van der Waals surface area contributed by atoms with Crippen molar-refractivity contribution < 1.29 is 4.79 Å². The number of aromatic amines is 1. The molecule has 2 fully saturated rings. The first-order valence-corrected chi connectivity index (χ1v) is 15.0. The van der Waals surface area contributed by atoms with E-state index in [1.165, 1.54) is 5.69 Å². The lowest BCUT2D eigenvalue weighted by atomic mass is 9.94. The molecular formula is C34H41N7O. The molecule has 0 bridgehead atoms. The molecule has 0 unspecified atom stereocenters. The predicted octanol–water partition coefficient (Wildman–Crippen LogP) is 5.22. The van der Waals surface area contributed by atoms with Crippen LogP contribution in [0.1, 0.15) is 36.1 Å². The molecule has 218 valence electrons. The molecule has 42 heavy (non-hydrogen) atoms. The Labute approximate surface area is 247 Å². The van der Waals surface area contributed by atoms with Crippen LogP contribution in [0.3, 0.4) is 0 Å². The van der Waals surface area contributed by atoms with E-state index in [9.17, 15) is 4.79 Å². The van der Waals surface area contributed by atoms with Gasteiger partial charge >= 0.3 is 0 Å². The van der Waals surface area contributed by atoms with E-state index in [1.54, 1.807) is 0 Å². The maximum atomic E-state index is 12.8. The number of hydrogen-bond acceptors (Lipinski definition) is 6. The summed E-state index contributed by atoms with van der Waals surface area (Å²) in [5.74, 6) is 0.497. The molecule has 0 radical (unpaired) electrons. The van der Waals surface area contributed by atoms with Gasteiger partial charge in [-0.2, -0.15) is 0 Å². The van der Waals surface area contributed by atoms with Crippen LogP contribution in [-0.4, -0.2) is 67.8 Å². The number of piperidine rings is 1. The quantitative estimate of drug-likeness (QED) is 0.156. The summed E-state index contributed by atoms with van der Waals surface area (Å²) in [5, 5.41) is 16.8. The zero-order chi connectivity index (χ0) is 29.2. The Morgan fingerprint density at radius 1 is 1.00 bits per heavy atom. The number of rotatable bonds is 7. The molecule has 0 spiro atoms. The highest BCUT2D eigenvalue weighted by molar-refractivity contribution is 6.15. The number of nitrogens with zero attached hydrogens (tertiary/aromatic N) is 2. The van der Waals surface area contributed by atoms with Crippen molar-refractivity contribution in [1.82, 2.24) is 15.2 Å². The van der Waals surface area contributed by atoms with E-state index < -0.39 is 0 Å². The fourth-order valence-corrected chi connectivity index (χ4v) is 6.28. The molecule has 6 rings (SSSR count). The standard InChI is InChI=1S/C34H41N7O/c1-22-16-25(19-26(17-22)38-33(42)18-23-8-10-37-11-9-23)24-6-7-29(35)27(20-24)34(36)31-21-28-30(39-31)4-3-5-32(28)41-14-12-40(2)13-15-41/h3-7,16-17,19-21,23,36-37,39H,8-15,18,35H2,1-2H3,(H,38,42). The van der Waals surface area contributed by atoms with Crippen LogP contribution in [0.5, 0.6) is 0 Å². The molecule has 1 amide bonds. The SMILES string of the molecule is Cc1cc(NC(=O)CC2CCNCC2)cc(-c2ccc(N)c(C(=N)c3cc4c(N5CCN(C)CC5)cccc4[nH]3)c2)c1. The summed E-state index contributed by atoms with van der Waals surface area (Å²) >= 11 is 0.